The first kappa shape index (κ1) is 15.0. The molecule has 0 aromatic heterocycles. The molecule has 1 aliphatic heterocycles. The van der Waals surface area contributed by atoms with Crippen LogP contribution in [0, 0.1) is 5.92 Å². The fraction of sp³-hybridized carbons (Fsp3) is 0.857. The number of allylic oxidation sites excluding steroid dienone is 1. The molecule has 0 saturated carbocycles. The van der Waals surface area contributed by atoms with Gasteiger partial charge in [0.15, 0.2) is 0 Å². The van der Waals surface area contributed by atoms with Crippen molar-refractivity contribution in [1.82, 2.24) is 9.21 Å². The molecular formula is C14H26N2O2S. The summed E-state index contributed by atoms with van der Waals surface area (Å²) in [6.07, 6.45) is 12.0. The van der Waals surface area contributed by atoms with Crippen LogP contribution >= 0.6 is 0 Å². The van der Waals surface area contributed by atoms with Crippen LogP contribution in [0.25, 0.3) is 0 Å². The van der Waals surface area contributed by atoms with E-state index in [1.54, 1.807) is 7.05 Å². The lowest BCUT2D eigenvalue weighted by atomic mass is 9.93. The van der Waals surface area contributed by atoms with Gasteiger partial charge in [0.2, 0.25) is 10.0 Å². The number of piperidine rings is 1. The van der Waals surface area contributed by atoms with E-state index < -0.39 is 10.0 Å². The summed E-state index contributed by atoms with van der Waals surface area (Å²) in [4.78, 5) is 2.54. The average Bonchev–Trinajstić information content (AvgIpc) is 2.39. The Morgan fingerprint density at radius 1 is 1.32 bits per heavy atom. The maximum atomic E-state index is 11.5. The summed E-state index contributed by atoms with van der Waals surface area (Å²) >= 11 is 0. The Hall–Kier alpha value is -0.390. The Labute approximate surface area is 117 Å². The van der Waals surface area contributed by atoms with Gasteiger partial charge in [0.25, 0.3) is 0 Å². The van der Waals surface area contributed by atoms with Crippen LogP contribution in [-0.4, -0.2) is 56.6 Å². The van der Waals surface area contributed by atoms with Crippen LogP contribution < -0.4 is 0 Å². The third-order valence-electron chi connectivity index (χ3n) is 4.33. The van der Waals surface area contributed by atoms with Gasteiger partial charge in [-0.05, 0) is 44.6 Å². The Bertz CT molecular complexity index is 419. The van der Waals surface area contributed by atoms with E-state index in [2.05, 4.69) is 17.1 Å². The van der Waals surface area contributed by atoms with E-state index in [4.69, 9.17) is 0 Å². The predicted octanol–water partition coefficient (Wildman–Crippen LogP) is 1.70. The Morgan fingerprint density at radius 2 is 2.11 bits per heavy atom. The quantitative estimate of drug-likeness (QED) is 0.739. The van der Waals surface area contributed by atoms with E-state index in [0.29, 0.717) is 18.5 Å². The van der Waals surface area contributed by atoms with Crippen molar-refractivity contribution >= 4 is 10.0 Å². The van der Waals surface area contributed by atoms with E-state index in [1.807, 2.05) is 0 Å². The summed E-state index contributed by atoms with van der Waals surface area (Å²) in [6.45, 7) is 2.86. The molecule has 1 heterocycles. The van der Waals surface area contributed by atoms with Crippen molar-refractivity contribution in [1.29, 1.82) is 0 Å². The van der Waals surface area contributed by atoms with Gasteiger partial charge in [-0.2, -0.15) is 0 Å². The number of hydrogen-bond donors (Lipinski definition) is 0. The van der Waals surface area contributed by atoms with E-state index >= 15 is 0 Å². The molecule has 0 aromatic carbocycles. The largest absolute Gasteiger partial charge is 0.297 e. The van der Waals surface area contributed by atoms with Crippen molar-refractivity contribution < 1.29 is 8.42 Å². The number of rotatable bonds is 4. The molecule has 0 N–H and O–H groups in total. The lowest BCUT2D eigenvalue weighted by Crippen LogP contribution is -2.45. The van der Waals surface area contributed by atoms with E-state index in [9.17, 15) is 8.42 Å². The van der Waals surface area contributed by atoms with Crippen molar-refractivity contribution in [2.75, 3.05) is 32.9 Å². The molecule has 110 valence electrons. The standard InChI is InChI=1S/C14H26N2O2S/c1-15(19(2,17)18)11-13-7-6-10-16(12-13)14-8-4-3-5-9-14/h4,8,13-14H,3,5-7,9-12H2,1-2H3/t13-,14-/m1/s1. The predicted molar refractivity (Wildman–Crippen MR) is 78.5 cm³/mol. The van der Waals surface area contributed by atoms with Gasteiger partial charge in [0.1, 0.15) is 0 Å². The zero-order valence-electron chi connectivity index (χ0n) is 12.1. The van der Waals surface area contributed by atoms with Crippen LogP contribution in [0.5, 0.6) is 0 Å². The van der Waals surface area contributed by atoms with Crippen molar-refractivity contribution in [2.45, 2.75) is 38.1 Å². The molecular weight excluding hydrogens is 260 g/mol. The van der Waals surface area contributed by atoms with Crippen molar-refractivity contribution in [3.8, 4) is 0 Å². The first-order valence-corrected chi connectivity index (χ1v) is 9.13. The van der Waals surface area contributed by atoms with Gasteiger partial charge in [0.05, 0.1) is 6.26 Å². The van der Waals surface area contributed by atoms with Crippen molar-refractivity contribution in [2.24, 2.45) is 5.92 Å². The zero-order chi connectivity index (χ0) is 13.9. The molecule has 5 heteroatoms. The van der Waals surface area contributed by atoms with Crippen LogP contribution in [0.3, 0.4) is 0 Å². The van der Waals surface area contributed by atoms with Crippen LogP contribution in [0.4, 0.5) is 0 Å². The molecule has 1 fully saturated rings. The molecule has 1 aliphatic carbocycles. The summed E-state index contributed by atoms with van der Waals surface area (Å²) in [5.74, 6) is 0.476. The molecule has 19 heavy (non-hydrogen) atoms. The second-order valence-corrected chi connectivity index (χ2v) is 8.06. The van der Waals surface area contributed by atoms with E-state index in [0.717, 1.165) is 19.5 Å². The molecule has 0 radical (unpaired) electrons. The van der Waals surface area contributed by atoms with Crippen molar-refractivity contribution in [3.63, 3.8) is 0 Å². The lowest BCUT2D eigenvalue weighted by Gasteiger charge is -2.39. The smallest absolute Gasteiger partial charge is 0.210 e. The number of hydrogen-bond acceptors (Lipinski definition) is 3. The number of likely N-dealkylation sites (tertiary alicyclic amines) is 1. The summed E-state index contributed by atoms with van der Waals surface area (Å²) in [5.41, 5.74) is 0. The minimum Gasteiger partial charge on any atom is -0.297 e. The maximum absolute atomic E-state index is 11.5. The highest BCUT2D eigenvalue weighted by Crippen LogP contribution is 2.24. The van der Waals surface area contributed by atoms with Crippen LogP contribution in [0.15, 0.2) is 12.2 Å². The summed E-state index contributed by atoms with van der Waals surface area (Å²) in [6, 6.07) is 0.583. The van der Waals surface area contributed by atoms with Crippen LogP contribution in [0.2, 0.25) is 0 Å². The first-order valence-electron chi connectivity index (χ1n) is 7.29. The molecule has 0 unspecified atom stereocenters. The van der Waals surface area contributed by atoms with Gasteiger partial charge in [-0.25, -0.2) is 12.7 Å². The van der Waals surface area contributed by atoms with Gasteiger partial charge in [-0.3, -0.25) is 4.90 Å². The molecule has 2 aliphatic rings. The summed E-state index contributed by atoms with van der Waals surface area (Å²) < 4.78 is 24.5. The third kappa shape index (κ3) is 4.29. The highest BCUT2D eigenvalue weighted by atomic mass is 32.2. The van der Waals surface area contributed by atoms with E-state index in [-0.39, 0.29) is 0 Å². The van der Waals surface area contributed by atoms with Gasteiger partial charge in [-0.1, -0.05) is 12.2 Å². The summed E-state index contributed by atoms with van der Waals surface area (Å²) in [7, 11) is -1.35. The minimum absolute atomic E-state index is 0.476. The minimum atomic E-state index is -3.04. The normalized spacial score (nSPS) is 29.8. The zero-order valence-corrected chi connectivity index (χ0v) is 12.9. The molecule has 0 spiro atoms. The fourth-order valence-corrected chi connectivity index (χ4v) is 3.63. The second-order valence-electron chi connectivity index (χ2n) is 5.97. The Kier molecular flexibility index (Phi) is 5.03. The number of nitrogens with zero attached hydrogens (tertiary/aromatic N) is 2. The van der Waals surface area contributed by atoms with Gasteiger partial charge in [0, 0.05) is 26.2 Å². The fourth-order valence-electron chi connectivity index (χ4n) is 3.15. The molecule has 0 amide bonds. The average molecular weight is 286 g/mol. The topological polar surface area (TPSA) is 40.6 Å². The summed E-state index contributed by atoms with van der Waals surface area (Å²) in [5, 5.41) is 0. The van der Waals surface area contributed by atoms with E-state index in [1.165, 1.54) is 36.2 Å². The number of sulfonamides is 1. The highest BCUT2D eigenvalue weighted by Gasteiger charge is 2.27. The molecule has 1 saturated heterocycles. The maximum Gasteiger partial charge on any atom is 0.210 e. The second kappa shape index (κ2) is 6.37. The monoisotopic (exact) mass is 286 g/mol. The third-order valence-corrected chi connectivity index (χ3v) is 5.61. The molecule has 0 aromatic rings. The lowest BCUT2D eigenvalue weighted by molar-refractivity contribution is 0.127. The molecule has 4 nitrogen and oxygen atoms in total. The van der Waals surface area contributed by atoms with Crippen LogP contribution in [0.1, 0.15) is 32.1 Å². The Balaban J connectivity index is 1.90. The van der Waals surface area contributed by atoms with Gasteiger partial charge < -0.3 is 0 Å². The van der Waals surface area contributed by atoms with Gasteiger partial charge in [-0.15, -0.1) is 0 Å². The SMILES string of the molecule is CN(C[C@H]1CCCN([C@@H]2C=CCCC2)C1)S(C)(=O)=O. The molecule has 2 rings (SSSR count). The first-order chi connectivity index (χ1) is 8.97. The van der Waals surface area contributed by atoms with Crippen LogP contribution in [-0.2, 0) is 10.0 Å². The molecule has 2 atom stereocenters. The Morgan fingerprint density at radius 3 is 2.74 bits per heavy atom. The molecule has 0 bridgehead atoms. The van der Waals surface area contributed by atoms with Gasteiger partial charge >= 0.3 is 0 Å². The highest BCUT2D eigenvalue weighted by molar-refractivity contribution is 7.88. The van der Waals surface area contributed by atoms with Crippen molar-refractivity contribution in [3.05, 3.63) is 12.2 Å².